The van der Waals surface area contributed by atoms with E-state index in [4.69, 9.17) is 4.74 Å². The van der Waals surface area contributed by atoms with Gasteiger partial charge < -0.3 is 9.64 Å². The van der Waals surface area contributed by atoms with Crippen molar-refractivity contribution in [3.63, 3.8) is 0 Å². The van der Waals surface area contributed by atoms with Gasteiger partial charge in [0, 0.05) is 32.4 Å². The molecule has 1 aliphatic rings. The molecule has 20 heavy (non-hydrogen) atoms. The van der Waals surface area contributed by atoms with Gasteiger partial charge in [-0.05, 0) is 25.0 Å². The number of carbonyl (C=O) groups is 2. The van der Waals surface area contributed by atoms with Crippen molar-refractivity contribution in [3.05, 3.63) is 24.0 Å². The van der Waals surface area contributed by atoms with E-state index < -0.39 is 0 Å². The van der Waals surface area contributed by atoms with Crippen molar-refractivity contribution in [1.29, 1.82) is 0 Å². The number of hydrogen-bond acceptors (Lipinski definition) is 4. The number of amides is 1. The maximum absolute atomic E-state index is 12.1. The van der Waals surface area contributed by atoms with Gasteiger partial charge in [-0.3, -0.25) is 14.3 Å². The topological polar surface area (TPSA) is 64.4 Å². The van der Waals surface area contributed by atoms with Crippen molar-refractivity contribution >= 4 is 18.0 Å². The molecule has 1 atom stereocenters. The zero-order valence-electron chi connectivity index (χ0n) is 11.8. The predicted molar refractivity (Wildman–Crippen MR) is 73.6 cm³/mol. The second-order valence-corrected chi connectivity index (χ2v) is 4.86. The van der Waals surface area contributed by atoms with Crippen LogP contribution in [0.4, 0.5) is 0 Å². The number of piperidine rings is 1. The Labute approximate surface area is 118 Å². The van der Waals surface area contributed by atoms with Crippen LogP contribution < -0.4 is 0 Å². The maximum atomic E-state index is 12.1. The van der Waals surface area contributed by atoms with Crippen molar-refractivity contribution in [3.8, 4) is 0 Å². The Balaban J connectivity index is 1.97. The molecular weight excluding hydrogens is 258 g/mol. The second kappa shape index (κ2) is 6.36. The molecule has 1 fully saturated rings. The summed E-state index contributed by atoms with van der Waals surface area (Å²) in [6.07, 6.45) is 6.54. The quantitative estimate of drug-likeness (QED) is 0.607. The summed E-state index contributed by atoms with van der Waals surface area (Å²) in [5.41, 5.74) is 0.861. The Morgan fingerprint density at radius 2 is 2.30 bits per heavy atom. The normalized spacial score (nSPS) is 19.3. The van der Waals surface area contributed by atoms with Crippen molar-refractivity contribution in [2.24, 2.45) is 13.0 Å². The minimum absolute atomic E-state index is 0.0835. The zero-order valence-corrected chi connectivity index (χ0v) is 11.8. The number of nitrogens with zero attached hydrogens (tertiary/aromatic N) is 3. The summed E-state index contributed by atoms with van der Waals surface area (Å²) in [4.78, 5) is 25.3. The first-order chi connectivity index (χ1) is 9.61. The molecule has 1 amide bonds. The molecule has 1 aromatic heterocycles. The smallest absolute Gasteiger partial charge is 0.310 e. The molecule has 0 radical (unpaired) electrons. The van der Waals surface area contributed by atoms with Crippen LogP contribution in [0.3, 0.4) is 0 Å². The van der Waals surface area contributed by atoms with Crippen LogP contribution in [0.25, 0.3) is 6.08 Å². The summed E-state index contributed by atoms with van der Waals surface area (Å²) in [7, 11) is 3.20. The molecular formula is C14H19N3O3. The minimum Gasteiger partial charge on any atom is -0.469 e. The van der Waals surface area contributed by atoms with Gasteiger partial charge in [0.25, 0.3) is 0 Å². The number of hydrogen-bond donors (Lipinski definition) is 0. The summed E-state index contributed by atoms with van der Waals surface area (Å²) >= 11 is 0. The highest BCUT2D eigenvalue weighted by atomic mass is 16.5. The first kappa shape index (κ1) is 14.3. The van der Waals surface area contributed by atoms with Gasteiger partial charge in [-0.15, -0.1) is 0 Å². The lowest BCUT2D eigenvalue weighted by Crippen LogP contribution is -2.41. The highest BCUT2D eigenvalue weighted by molar-refractivity contribution is 5.92. The van der Waals surface area contributed by atoms with Gasteiger partial charge in [0.05, 0.1) is 18.7 Å². The fourth-order valence-electron chi connectivity index (χ4n) is 2.35. The first-order valence-electron chi connectivity index (χ1n) is 6.64. The third kappa shape index (κ3) is 3.26. The summed E-state index contributed by atoms with van der Waals surface area (Å²) < 4.78 is 6.44. The number of likely N-dealkylation sites (tertiary alicyclic amines) is 1. The third-order valence-corrected chi connectivity index (χ3v) is 3.52. The van der Waals surface area contributed by atoms with E-state index in [2.05, 4.69) is 5.10 Å². The van der Waals surface area contributed by atoms with Crippen LogP contribution in [-0.4, -0.2) is 46.8 Å². The molecule has 6 heteroatoms. The molecule has 108 valence electrons. The Hall–Kier alpha value is -2.11. The molecule has 0 N–H and O–H groups in total. The molecule has 0 spiro atoms. The molecule has 2 rings (SSSR count). The van der Waals surface area contributed by atoms with Gasteiger partial charge in [-0.2, -0.15) is 5.10 Å². The van der Waals surface area contributed by atoms with Crippen LogP contribution in [0.15, 0.2) is 18.3 Å². The lowest BCUT2D eigenvalue weighted by atomic mass is 9.98. The van der Waals surface area contributed by atoms with Crippen LogP contribution in [0.5, 0.6) is 0 Å². The number of rotatable bonds is 3. The van der Waals surface area contributed by atoms with E-state index in [0.29, 0.717) is 13.1 Å². The summed E-state index contributed by atoms with van der Waals surface area (Å²) in [5, 5.41) is 4.03. The Morgan fingerprint density at radius 3 is 2.95 bits per heavy atom. The third-order valence-electron chi connectivity index (χ3n) is 3.52. The van der Waals surface area contributed by atoms with Crippen molar-refractivity contribution in [1.82, 2.24) is 14.7 Å². The Morgan fingerprint density at radius 1 is 1.50 bits per heavy atom. The van der Waals surface area contributed by atoms with Crippen LogP contribution >= 0.6 is 0 Å². The van der Waals surface area contributed by atoms with E-state index in [-0.39, 0.29) is 17.8 Å². The molecule has 0 saturated carbocycles. The van der Waals surface area contributed by atoms with E-state index in [1.54, 1.807) is 21.9 Å². The Kier molecular flexibility index (Phi) is 4.55. The predicted octanol–water partition coefficient (Wildman–Crippen LogP) is 0.845. The lowest BCUT2D eigenvalue weighted by Gasteiger charge is -2.30. The largest absolute Gasteiger partial charge is 0.469 e. The molecule has 1 unspecified atom stereocenters. The summed E-state index contributed by atoms with van der Waals surface area (Å²) in [5.74, 6) is -0.527. The van der Waals surface area contributed by atoms with E-state index in [1.165, 1.54) is 13.2 Å². The van der Waals surface area contributed by atoms with E-state index in [9.17, 15) is 9.59 Å². The number of methoxy groups -OCH3 is 1. The maximum Gasteiger partial charge on any atom is 0.310 e. The van der Waals surface area contributed by atoms with Crippen LogP contribution in [0, 0.1) is 5.92 Å². The fourth-order valence-corrected chi connectivity index (χ4v) is 2.35. The lowest BCUT2D eigenvalue weighted by molar-refractivity contribution is -0.148. The van der Waals surface area contributed by atoms with Gasteiger partial charge in [-0.25, -0.2) is 0 Å². The average Bonchev–Trinajstić information content (AvgIpc) is 2.89. The average molecular weight is 277 g/mol. The number of ether oxygens (including phenoxy) is 1. The monoisotopic (exact) mass is 277 g/mol. The number of carbonyl (C=O) groups excluding carboxylic acids is 2. The molecule has 0 bridgehead atoms. The molecule has 1 aromatic rings. The van der Waals surface area contributed by atoms with Crippen molar-refractivity contribution in [2.45, 2.75) is 12.8 Å². The van der Waals surface area contributed by atoms with E-state index in [0.717, 1.165) is 18.5 Å². The fraction of sp³-hybridized carbons (Fsp3) is 0.500. The van der Waals surface area contributed by atoms with Crippen LogP contribution in [0.1, 0.15) is 18.5 Å². The standard InChI is InChI=1S/C14H19N3O3/c1-16-12(7-8-15-16)5-6-13(18)17-9-3-4-11(10-17)14(19)20-2/h5-8,11H,3-4,9-10H2,1-2H3/b6-5+. The molecule has 0 aromatic carbocycles. The van der Waals surface area contributed by atoms with Gasteiger partial charge in [-0.1, -0.05) is 0 Å². The SMILES string of the molecule is COC(=O)C1CCCN(C(=O)/C=C/c2ccnn2C)C1. The first-order valence-corrected chi connectivity index (χ1v) is 6.64. The van der Waals surface area contributed by atoms with Crippen LogP contribution in [-0.2, 0) is 21.4 Å². The number of aryl methyl sites for hydroxylation is 1. The van der Waals surface area contributed by atoms with E-state index >= 15 is 0 Å². The van der Waals surface area contributed by atoms with Gasteiger partial charge in [0.2, 0.25) is 5.91 Å². The van der Waals surface area contributed by atoms with E-state index in [1.807, 2.05) is 13.1 Å². The number of aromatic nitrogens is 2. The van der Waals surface area contributed by atoms with Gasteiger partial charge in [0.1, 0.15) is 0 Å². The second-order valence-electron chi connectivity index (χ2n) is 4.86. The summed E-state index contributed by atoms with van der Waals surface area (Å²) in [6.45, 7) is 1.11. The molecule has 6 nitrogen and oxygen atoms in total. The molecule has 2 heterocycles. The van der Waals surface area contributed by atoms with Crippen molar-refractivity contribution < 1.29 is 14.3 Å². The summed E-state index contributed by atoms with van der Waals surface area (Å²) in [6, 6.07) is 1.83. The minimum atomic E-state index is -0.238. The molecule has 1 aliphatic heterocycles. The highest BCUT2D eigenvalue weighted by Crippen LogP contribution is 2.18. The van der Waals surface area contributed by atoms with Crippen LogP contribution in [0.2, 0.25) is 0 Å². The van der Waals surface area contributed by atoms with Crippen molar-refractivity contribution in [2.75, 3.05) is 20.2 Å². The highest BCUT2D eigenvalue weighted by Gasteiger charge is 2.28. The Bertz CT molecular complexity index is 521. The van der Waals surface area contributed by atoms with Gasteiger partial charge in [0.15, 0.2) is 0 Å². The molecule has 0 aliphatic carbocycles. The van der Waals surface area contributed by atoms with Gasteiger partial charge >= 0.3 is 5.97 Å². The zero-order chi connectivity index (χ0) is 14.5. The number of esters is 1. The molecule has 1 saturated heterocycles.